The van der Waals surface area contributed by atoms with Crippen molar-refractivity contribution >= 4 is 55.6 Å². The average molecular weight is 806 g/mol. The molecule has 2 nitrogen and oxygen atoms in total. The van der Waals surface area contributed by atoms with E-state index in [0.717, 1.165) is 43.7 Å². The number of nitrogens with zero attached hydrogens (tertiary/aromatic N) is 1. The summed E-state index contributed by atoms with van der Waals surface area (Å²) in [4.78, 5) is 0. The molecule has 0 bridgehead atoms. The summed E-state index contributed by atoms with van der Waals surface area (Å²) in [5.74, 6) is 0. The van der Waals surface area contributed by atoms with Crippen molar-refractivity contribution in [1.82, 2.24) is 4.57 Å². The second-order valence-corrected chi connectivity index (χ2v) is 19.8. The van der Waals surface area contributed by atoms with Crippen LogP contribution in [0.3, 0.4) is 0 Å². The zero-order valence-electron chi connectivity index (χ0n) is 33.6. The van der Waals surface area contributed by atoms with Gasteiger partial charge in [0.2, 0.25) is 0 Å². The smallest absolute Gasteiger partial charge is 0.172 e. The molecule has 0 fully saturated rings. The monoisotopic (exact) mass is 805 g/mol. The molecule has 3 aliphatic rings. The van der Waals surface area contributed by atoms with Gasteiger partial charge in [-0.15, -0.1) is 0 Å². The molecule has 288 valence electrons. The molecule has 3 heterocycles. The lowest BCUT2D eigenvalue weighted by atomic mass is 9.65. The standard InChI is InChI=1S/C59H36NOP/c61-62(41-16-2-1-3-17-41)56-27-11-7-20-45(56)49-35-53-48(36-57(49)62)47-34-40(37-28-30-39(31-29-37)43-21-12-15-38-14-4-5-18-42(38)43)32-33-50(47)59(53)51-23-8-10-26-55(51)60-54-25-9-6-19-44(54)46-22-13-24-52(59)58(46)60/h1-36H/t59?,62-/m0/s1. The van der Waals surface area contributed by atoms with Crippen molar-refractivity contribution < 1.29 is 4.57 Å². The minimum absolute atomic E-state index is 0.634. The highest BCUT2D eigenvalue weighted by atomic mass is 31.2. The Morgan fingerprint density at radius 2 is 1.02 bits per heavy atom. The van der Waals surface area contributed by atoms with Crippen LogP contribution in [0.5, 0.6) is 0 Å². The maximum atomic E-state index is 16.1. The van der Waals surface area contributed by atoms with Crippen molar-refractivity contribution in [3.63, 3.8) is 0 Å². The van der Waals surface area contributed by atoms with Gasteiger partial charge in [-0.1, -0.05) is 188 Å². The molecule has 1 aliphatic carbocycles. The molecule has 14 rings (SSSR count). The molecule has 0 saturated heterocycles. The Hall–Kier alpha value is -7.51. The first-order chi connectivity index (χ1) is 30.6. The fourth-order valence-electron chi connectivity index (χ4n) is 11.6. The number of hydrogen-bond donors (Lipinski definition) is 0. The van der Waals surface area contributed by atoms with Gasteiger partial charge in [-0.3, -0.25) is 0 Å². The van der Waals surface area contributed by atoms with E-state index in [1.54, 1.807) is 0 Å². The number of aromatic nitrogens is 1. The molecule has 11 aromatic rings. The summed E-state index contributed by atoms with van der Waals surface area (Å²) < 4.78 is 18.6. The largest absolute Gasteiger partial charge is 0.309 e. The highest BCUT2D eigenvalue weighted by Crippen LogP contribution is 2.63. The van der Waals surface area contributed by atoms with Gasteiger partial charge in [-0.25, -0.2) is 0 Å². The fraction of sp³-hybridized carbons (Fsp3) is 0.0169. The molecule has 0 radical (unpaired) electrons. The van der Waals surface area contributed by atoms with Crippen molar-refractivity contribution in [2.75, 3.05) is 0 Å². The van der Waals surface area contributed by atoms with Crippen LogP contribution in [0.2, 0.25) is 0 Å². The minimum Gasteiger partial charge on any atom is -0.309 e. The highest BCUT2D eigenvalue weighted by Gasteiger charge is 2.53. The summed E-state index contributed by atoms with van der Waals surface area (Å²) >= 11 is 0. The van der Waals surface area contributed by atoms with Crippen LogP contribution in [0, 0.1) is 0 Å². The van der Waals surface area contributed by atoms with Gasteiger partial charge in [-0.05, 0) is 108 Å². The Labute approximate surface area is 359 Å². The van der Waals surface area contributed by atoms with E-state index < -0.39 is 12.6 Å². The van der Waals surface area contributed by atoms with Gasteiger partial charge < -0.3 is 9.13 Å². The van der Waals surface area contributed by atoms with Gasteiger partial charge in [0.15, 0.2) is 7.14 Å². The third-order valence-electron chi connectivity index (χ3n) is 14.2. The first kappa shape index (κ1) is 34.2. The third-order valence-corrected chi connectivity index (χ3v) is 17.4. The van der Waals surface area contributed by atoms with Gasteiger partial charge in [0.05, 0.1) is 22.1 Å². The van der Waals surface area contributed by atoms with Crippen LogP contribution in [0.15, 0.2) is 218 Å². The lowest BCUT2D eigenvalue weighted by Gasteiger charge is -2.39. The molecular weight excluding hydrogens is 770 g/mol. The second-order valence-electron chi connectivity index (χ2n) is 17.1. The highest BCUT2D eigenvalue weighted by molar-refractivity contribution is 7.86. The number of fused-ring (bicyclic) bond motifs is 16. The molecule has 1 spiro atoms. The number of hydrogen-bond acceptors (Lipinski definition) is 1. The first-order valence-corrected chi connectivity index (χ1v) is 23.2. The van der Waals surface area contributed by atoms with Gasteiger partial charge in [0.25, 0.3) is 0 Å². The van der Waals surface area contributed by atoms with E-state index in [2.05, 4.69) is 187 Å². The summed E-state index contributed by atoms with van der Waals surface area (Å²) in [6.07, 6.45) is 0. The first-order valence-electron chi connectivity index (χ1n) is 21.4. The summed E-state index contributed by atoms with van der Waals surface area (Å²) in [7, 11) is -3.21. The van der Waals surface area contributed by atoms with Gasteiger partial charge >= 0.3 is 0 Å². The van der Waals surface area contributed by atoms with E-state index in [0.29, 0.717) is 0 Å². The number of rotatable bonds is 3. The number of benzene rings is 10. The minimum atomic E-state index is -3.21. The van der Waals surface area contributed by atoms with Gasteiger partial charge in [-0.2, -0.15) is 0 Å². The van der Waals surface area contributed by atoms with E-state index in [1.807, 2.05) is 36.4 Å². The molecule has 1 aromatic heterocycles. The van der Waals surface area contributed by atoms with Crippen molar-refractivity contribution in [2.24, 2.45) is 0 Å². The van der Waals surface area contributed by atoms with Crippen LogP contribution in [0.1, 0.15) is 22.3 Å². The van der Waals surface area contributed by atoms with E-state index in [4.69, 9.17) is 0 Å². The predicted molar refractivity (Wildman–Crippen MR) is 258 cm³/mol. The van der Waals surface area contributed by atoms with E-state index in [9.17, 15) is 0 Å². The Bertz CT molecular complexity index is 3780. The van der Waals surface area contributed by atoms with E-state index >= 15 is 4.57 Å². The molecule has 62 heavy (non-hydrogen) atoms. The Morgan fingerprint density at radius 1 is 0.371 bits per heavy atom. The Balaban J connectivity index is 1.07. The molecule has 2 aliphatic heterocycles. The van der Waals surface area contributed by atoms with Crippen molar-refractivity contribution in [3.05, 3.63) is 241 Å². The Kier molecular flexibility index (Phi) is 6.79. The van der Waals surface area contributed by atoms with Crippen LogP contribution in [0.4, 0.5) is 0 Å². The average Bonchev–Trinajstić information content (AvgIpc) is 3.92. The second kappa shape index (κ2) is 12.3. The summed E-state index contributed by atoms with van der Waals surface area (Å²) in [5, 5.41) is 7.72. The summed E-state index contributed by atoms with van der Waals surface area (Å²) in [6.45, 7) is 0. The van der Waals surface area contributed by atoms with Gasteiger partial charge in [0.1, 0.15) is 0 Å². The number of para-hydroxylation sites is 3. The lowest BCUT2D eigenvalue weighted by Crippen LogP contribution is -2.33. The van der Waals surface area contributed by atoms with Crippen molar-refractivity contribution in [2.45, 2.75) is 5.41 Å². The summed E-state index contributed by atoms with van der Waals surface area (Å²) in [6, 6.07) is 79.4. The van der Waals surface area contributed by atoms with Crippen molar-refractivity contribution in [1.29, 1.82) is 0 Å². The fourth-order valence-corrected chi connectivity index (χ4v) is 14.7. The van der Waals surface area contributed by atoms with Crippen LogP contribution in [0.25, 0.3) is 82.8 Å². The molecule has 0 amide bonds. The van der Waals surface area contributed by atoms with Crippen LogP contribution in [-0.2, 0) is 9.98 Å². The zero-order chi connectivity index (χ0) is 40.7. The van der Waals surface area contributed by atoms with Crippen LogP contribution in [-0.4, -0.2) is 4.57 Å². The van der Waals surface area contributed by atoms with E-state index in [1.165, 1.54) is 77.2 Å². The Morgan fingerprint density at radius 3 is 1.92 bits per heavy atom. The molecule has 1 unspecified atom stereocenters. The zero-order valence-corrected chi connectivity index (χ0v) is 34.5. The molecule has 3 heteroatoms. The predicted octanol–water partition coefficient (Wildman–Crippen LogP) is 13.6. The molecular formula is C59H36NOP. The van der Waals surface area contributed by atoms with Gasteiger partial charge in [0, 0.05) is 26.7 Å². The lowest BCUT2D eigenvalue weighted by molar-refractivity contribution is 0.593. The quantitative estimate of drug-likeness (QED) is 0.163. The molecule has 10 aromatic carbocycles. The summed E-state index contributed by atoms with van der Waals surface area (Å²) in [5.41, 5.74) is 17.3. The maximum Gasteiger partial charge on any atom is 0.172 e. The third kappa shape index (κ3) is 4.22. The van der Waals surface area contributed by atoms with Crippen molar-refractivity contribution in [3.8, 4) is 50.2 Å². The molecule has 2 atom stereocenters. The maximum absolute atomic E-state index is 16.1. The normalized spacial score (nSPS) is 17.5. The molecule has 0 N–H and O–H groups in total. The van der Waals surface area contributed by atoms with Crippen LogP contribution >= 0.6 is 7.14 Å². The molecule has 0 saturated carbocycles. The van der Waals surface area contributed by atoms with Crippen LogP contribution < -0.4 is 15.9 Å². The topological polar surface area (TPSA) is 22.0 Å². The SMILES string of the molecule is O=[P@@]1(c2ccccc2)c2ccccc2-c2cc3c(cc21)-c1cc(-c2ccc(-c4cccc5ccccc45)cc2)ccc1C31c2ccccc2-n2c3ccccc3c3cccc1c32. The van der Waals surface area contributed by atoms with E-state index in [-0.39, 0.29) is 0 Å².